The van der Waals surface area contributed by atoms with Gasteiger partial charge in [0.1, 0.15) is 0 Å². The lowest BCUT2D eigenvalue weighted by Gasteiger charge is -2.17. The molecule has 4 heteroatoms. The Kier molecular flexibility index (Phi) is 2.46. The van der Waals surface area contributed by atoms with Crippen molar-refractivity contribution in [1.82, 2.24) is 0 Å². The van der Waals surface area contributed by atoms with Crippen LogP contribution in [0.3, 0.4) is 0 Å². The van der Waals surface area contributed by atoms with Gasteiger partial charge in [-0.15, -0.1) is 0 Å². The van der Waals surface area contributed by atoms with E-state index in [4.69, 9.17) is 4.74 Å². The van der Waals surface area contributed by atoms with Crippen LogP contribution in [0.4, 0.5) is 0 Å². The Morgan fingerprint density at radius 2 is 2.55 bits per heavy atom. The van der Waals surface area contributed by atoms with Gasteiger partial charge in [0.15, 0.2) is 5.60 Å². The van der Waals surface area contributed by atoms with Crippen molar-refractivity contribution in [3.05, 3.63) is 0 Å². The monoisotopic (exact) mass is 160 g/mol. The van der Waals surface area contributed by atoms with Crippen molar-refractivity contribution in [1.29, 1.82) is 0 Å². The van der Waals surface area contributed by atoms with Crippen molar-refractivity contribution in [2.24, 2.45) is 0 Å². The van der Waals surface area contributed by atoms with E-state index in [9.17, 15) is 9.90 Å². The van der Waals surface area contributed by atoms with Gasteiger partial charge in [0.05, 0.1) is 19.8 Å². The highest BCUT2D eigenvalue weighted by atomic mass is 16.6. The zero-order valence-electron chi connectivity index (χ0n) is 6.50. The Balaban J connectivity index is 2.49. The van der Waals surface area contributed by atoms with Crippen LogP contribution in [0.2, 0.25) is 0 Å². The maximum atomic E-state index is 11.0. The van der Waals surface area contributed by atoms with Gasteiger partial charge in [0.2, 0.25) is 0 Å². The van der Waals surface area contributed by atoms with Gasteiger partial charge in [-0.05, 0) is 6.92 Å². The molecule has 1 heterocycles. The van der Waals surface area contributed by atoms with Crippen LogP contribution in [0.15, 0.2) is 0 Å². The van der Waals surface area contributed by atoms with Crippen molar-refractivity contribution >= 4 is 5.97 Å². The van der Waals surface area contributed by atoms with Crippen LogP contribution in [0.5, 0.6) is 0 Å². The predicted octanol–water partition coefficient (Wildman–Crippen LogP) is -0.299. The quantitative estimate of drug-likeness (QED) is 0.563. The molecule has 4 nitrogen and oxygen atoms in total. The van der Waals surface area contributed by atoms with Crippen LogP contribution in [0.25, 0.3) is 0 Å². The summed E-state index contributed by atoms with van der Waals surface area (Å²) in [4.78, 5) is 11.0. The summed E-state index contributed by atoms with van der Waals surface area (Å²) in [5.74, 6) is -0.572. The zero-order chi connectivity index (χ0) is 8.32. The minimum atomic E-state index is -1.38. The SMILES string of the molecule is CCOC(=O)C1(O)CCOC1. The maximum Gasteiger partial charge on any atom is 0.340 e. The van der Waals surface area contributed by atoms with Gasteiger partial charge in [0, 0.05) is 6.42 Å². The molecule has 0 bridgehead atoms. The number of rotatable bonds is 2. The molecule has 1 N–H and O–H groups in total. The second-order valence-electron chi connectivity index (χ2n) is 2.55. The average molecular weight is 160 g/mol. The van der Waals surface area contributed by atoms with E-state index in [1.807, 2.05) is 0 Å². The maximum absolute atomic E-state index is 11.0. The van der Waals surface area contributed by atoms with Crippen LogP contribution in [-0.2, 0) is 14.3 Å². The summed E-state index contributed by atoms with van der Waals surface area (Å²) in [5, 5.41) is 9.49. The molecule has 0 aromatic heterocycles. The van der Waals surface area contributed by atoms with E-state index in [1.54, 1.807) is 6.92 Å². The highest BCUT2D eigenvalue weighted by Crippen LogP contribution is 2.19. The molecule has 0 spiro atoms. The minimum absolute atomic E-state index is 0.0613. The van der Waals surface area contributed by atoms with Crippen molar-refractivity contribution in [3.8, 4) is 0 Å². The standard InChI is InChI=1S/C7H12O4/c1-2-11-6(8)7(9)3-4-10-5-7/h9H,2-5H2,1H3. The molecular formula is C7H12O4. The summed E-state index contributed by atoms with van der Waals surface area (Å²) in [6.07, 6.45) is 0.339. The number of hydrogen-bond acceptors (Lipinski definition) is 4. The van der Waals surface area contributed by atoms with Crippen LogP contribution < -0.4 is 0 Å². The topological polar surface area (TPSA) is 55.8 Å². The lowest BCUT2D eigenvalue weighted by molar-refractivity contribution is -0.164. The summed E-state index contributed by atoms with van der Waals surface area (Å²) in [5.41, 5.74) is -1.38. The van der Waals surface area contributed by atoms with Crippen LogP contribution in [-0.4, -0.2) is 36.5 Å². The van der Waals surface area contributed by atoms with Crippen LogP contribution in [0, 0.1) is 0 Å². The van der Waals surface area contributed by atoms with Gasteiger partial charge < -0.3 is 14.6 Å². The molecule has 0 aromatic rings. The van der Waals surface area contributed by atoms with Gasteiger partial charge in [-0.1, -0.05) is 0 Å². The summed E-state index contributed by atoms with van der Waals surface area (Å²) in [6.45, 7) is 2.49. The summed E-state index contributed by atoms with van der Waals surface area (Å²) in [7, 11) is 0. The Hall–Kier alpha value is -0.610. The fraction of sp³-hybridized carbons (Fsp3) is 0.857. The molecule has 64 valence electrons. The molecule has 1 unspecified atom stereocenters. The molecule has 1 fully saturated rings. The largest absolute Gasteiger partial charge is 0.464 e. The highest BCUT2D eigenvalue weighted by Gasteiger charge is 2.41. The third kappa shape index (κ3) is 1.70. The molecule has 0 aromatic carbocycles. The Morgan fingerprint density at radius 3 is 3.00 bits per heavy atom. The first-order chi connectivity index (χ1) is 5.19. The van der Waals surface area contributed by atoms with Crippen molar-refractivity contribution in [2.75, 3.05) is 19.8 Å². The Labute approximate surface area is 65.1 Å². The van der Waals surface area contributed by atoms with Gasteiger partial charge in [0.25, 0.3) is 0 Å². The third-order valence-electron chi connectivity index (χ3n) is 1.66. The van der Waals surface area contributed by atoms with E-state index in [0.717, 1.165) is 0 Å². The first-order valence-corrected chi connectivity index (χ1v) is 3.66. The lowest BCUT2D eigenvalue weighted by Crippen LogP contribution is -2.40. The van der Waals surface area contributed by atoms with E-state index >= 15 is 0 Å². The van der Waals surface area contributed by atoms with Gasteiger partial charge in [-0.2, -0.15) is 0 Å². The molecule has 1 aliphatic heterocycles. The zero-order valence-corrected chi connectivity index (χ0v) is 6.50. The Morgan fingerprint density at radius 1 is 1.82 bits per heavy atom. The average Bonchev–Trinajstić information content (AvgIpc) is 2.38. The van der Waals surface area contributed by atoms with E-state index in [1.165, 1.54) is 0 Å². The minimum Gasteiger partial charge on any atom is -0.464 e. The second-order valence-corrected chi connectivity index (χ2v) is 2.55. The molecule has 0 radical (unpaired) electrons. The first-order valence-electron chi connectivity index (χ1n) is 3.66. The fourth-order valence-corrected chi connectivity index (χ4v) is 0.981. The Bertz CT molecular complexity index is 149. The molecule has 1 rings (SSSR count). The molecular weight excluding hydrogens is 148 g/mol. The fourth-order valence-electron chi connectivity index (χ4n) is 0.981. The molecule has 1 saturated heterocycles. The third-order valence-corrected chi connectivity index (χ3v) is 1.66. The van der Waals surface area contributed by atoms with Crippen molar-refractivity contribution in [3.63, 3.8) is 0 Å². The van der Waals surface area contributed by atoms with E-state index < -0.39 is 11.6 Å². The summed E-state index contributed by atoms with van der Waals surface area (Å²) in [6, 6.07) is 0. The molecule has 0 amide bonds. The number of carbonyl (C=O) groups is 1. The van der Waals surface area contributed by atoms with Gasteiger partial charge >= 0.3 is 5.97 Å². The van der Waals surface area contributed by atoms with E-state index in [2.05, 4.69) is 4.74 Å². The smallest absolute Gasteiger partial charge is 0.340 e. The second kappa shape index (κ2) is 3.19. The van der Waals surface area contributed by atoms with E-state index in [0.29, 0.717) is 19.6 Å². The lowest BCUT2D eigenvalue weighted by atomic mass is 10.0. The van der Waals surface area contributed by atoms with Crippen molar-refractivity contribution < 1.29 is 19.4 Å². The molecule has 0 aliphatic carbocycles. The number of aliphatic hydroxyl groups is 1. The van der Waals surface area contributed by atoms with Crippen LogP contribution in [0.1, 0.15) is 13.3 Å². The number of esters is 1. The molecule has 1 aliphatic rings. The van der Waals surface area contributed by atoms with Crippen LogP contribution >= 0.6 is 0 Å². The van der Waals surface area contributed by atoms with Gasteiger partial charge in [-0.3, -0.25) is 0 Å². The van der Waals surface area contributed by atoms with Crippen molar-refractivity contribution in [2.45, 2.75) is 18.9 Å². The number of carbonyl (C=O) groups excluding carboxylic acids is 1. The van der Waals surface area contributed by atoms with Gasteiger partial charge in [-0.25, -0.2) is 4.79 Å². The number of hydrogen-bond donors (Lipinski definition) is 1. The summed E-state index contributed by atoms with van der Waals surface area (Å²) >= 11 is 0. The predicted molar refractivity (Wildman–Crippen MR) is 37.0 cm³/mol. The van der Waals surface area contributed by atoms with E-state index in [-0.39, 0.29) is 6.61 Å². The molecule has 1 atom stereocenters. The number of ether oxygens (including phenoxy) is 2. The summed E-state index contributed by atoms with van der Waals surface area (Å²) < 4.78 is 9.54. The molecule has 11 heavy (non-hydrogen) atoms. The highest BCUT2D eigenvalue weighted by molar-refractivity contribution is 5.79. The first kappa shape index (κ1) is 8.49. The normalized spacial score (nSPS) is 30.4. The molecule has 0 saturated carbocycles.